The van der Waals surface area contributed by atoms with Crippen molar-refractivity contribution in [2.45, 2.75) is 104 Å². The van der Waals surface area contributed by atoms with Gasteiger partial charge in [-0.1, -0.05) is 62.7 Å². The Hall–Kier alpha value is -2.78. The van der Waals surface area contributed by atoms with Crippen molar-refractivity contribution < 1.29 is 33.0 Å². The molecule has 0 spiro atoms. The fourth-order valence-electron chi connectivity index (χ4n) is 3.28. The van der Waals surface area contributed by atoms with Crippen LogP contribution in [0.5, 0.6) is 5.75 Å². The zero-order chi connectivity index (χ0) is 31.4. The first kappa shape index (κ1) is 36.2. The Morgan fingerprint density at radius 3 is 2.27 bits per heavy atom. The van der Waals surface area contributed by atoms with Gasteiger partial charge in [-0.2, -0.15) is 0 Å². The Bertz CT molecular complexity index is 1090. The molecule has 1 aromatic carbocycles. The Kier molecular flexibility index (Phi) is 14.2. The number of ether oxygens (including phenoxy) is 3. The average molecular weight is 610 g/mol. The van der Waals surface area contributed by atoms with Gasteiger partial charge < -0.3 is 24.0 Å². The highest BCUT2D eigenvalue weighted by atomic mass is 35.5. The summed E-state index contributed by atoms with van der Waals surface area (Å²) in [5.74, 6) is -0.202. The van der Waals surface area contributed by atoms with Gasteiger partial charge in [0.1, 0.15) is 18.0 Å². The lowest BCUT2D eigenvalue weighted by Gasteiger charge is -2.36. The van der Waals surface area contributed by atoms with E-state index in [1.807, 2.05) is 13.0 Å². The van der Waals surface area contributed by atoms with Crippen molar-refractivity contribution in [3.63, 3.8) is 0 Å². The van der Waals surface area contributed by atoms with Crippen LogP contribution in [0.25, 0.3) is 0 Å². The number of carbonyl (C=O) groups is 3. The monoisotopic (exact) mass is 609 g/mol. The second-order valence-corrected chi connectivity index (χ2v) is 17.6. The van der Waals surface area contributed by atoms with E-state index in [2.05, 4.69) is 45.8 Å². The Balaban J connectivity index is 2.90. The van der Waals surface area contributed by atoms with Gasteiger partial charge >= 0.3 is 18.0 Å². The summed E-state index contributed by atoms with van der Waals surface area (Å²) >= 11 is 6.61. The molecule has 0 bridgehead atoms. The third-order valence-electron chi connectivity index (χ3n) is 6.55. The summed E-state index contributed by atoms with van der Waals surface area (Å²) in [4.78, 5) is 37.0. The van der Waals surface area contributed by atoms with E-state index in [1.54, 1.807) is 39.0 Å². The summed E-state index contributed by atoms with van der Waals surface area (Å²) < 4.78 is 22.2. The van der Waals surface area contributed by atoms with Gasteiger partial charge in [-0.15, -0.1) is 0 Å². The second-order valence-electron chi connectivity index (χ2n) is 12.5. The van der Waals surface area contributed by atoms with Crippen molar-refractivity contribution in [1.82, 2.24) is 5.32 Å². The minimum atomic E-state index is -2.12. The summed E-state index contributed by atoms with van der Waals surface area (Å²) in [6.07, 6.45) is 4.00. The van der Waals surface area contributed by atoms with Crippen LogP contribution >= 0.6 is 11.6 Å². The van der Waals surface area contributed by atoms with Crippen molar-refractivity contribution >= 4 is 38.0 Å². The molecule has 1 N–H and O–H groups in total. The lowest BCUT2D eigenvalue weighted by molar-refractivity contribution is -0.144. The number of allylic oxidation sites excluding steroid dienone is 1. The molecule has 230 valence electrons. The number of esters is 2. The molecule has 0 saturated carbocycles. The van der Waals surface area contributed by atoms with E-state index in [9.17, 15) is 14.4 Å². The molecule has 1 aromatic rings. The molecule has 1 unspecified atom stereocenters. The number of hydrogen-bond donors (Lipinski definition) is 1. The fraction of sp³-hybridized carbons (Fsp3) is 0.581. The van der Waals surface area contributed by atoms with E-state index in [-0.39, 0.29) is 37.1 Å². The fourth-order valence-corrected chi connectivity index (χ4v) is 4.60. The zero-order valence-corrected chi connectivity index (χ0v) is 27.9. The third kappa shape index (κ3) is 14.1. The van der Waals surface area contributed by atoms with E-state index >= 15 is 0 Å². The van der Waals surface area contributed by atoms with Crippen LogP contribution in [0.3, 0.4) is 0 Å². The minimum Gasteiger partial charge on any atom is -0.543 e. The smallest absolute Gasteiger partial charge is 0.408 e. The minimum absolute atomic E-state index is 0.00938. The molecule has 8 nitrogen and oxygen atoms in total. The van der Waals surface area contributed by atoms with Gasteiger partial charge in [0.25, 0.3) is 8.32 Å². The van der Waals surface area contributed by atoms with Crippen LogP contribution in [0.1, 0.15) is 85.8 Å². The molecule has 0 heterocycles. The predicted octanol–water partition coefficient (Wildman–Crippen LogP) is 8.07. The quantitative estimate of drug-likeness (QED) is 0.0748. The highest BCUT2D eigenvalue weighted by Gasteiger charge is 2.39. The molecule has 1 atom stereocenters. The normalized spacial score (nSPS) is 13.2. The van der Waals surface area contributed by atoms with E-state index in [0.717, 1.165) is 5.57 Å². The first-order chi connectivity index (χ1) is 18.8. The van der Waals surface area contributed by atoms with E-state index < -0.39 is 32.0 Å². The maximum absolute atomic E-state index is 12.7. The maximum atomic E-state index is 12.7. The van der Waals surface area contributed by atoms with E-state index in [0.29, 0.717) is 29.2 Å². The van der Waals surface area contributed by atoms with Crippen LogP contribution in [-0.4, -0.2) is 45.2 Å². The summed E-state index contributed by atoms with van der Waals surface area (Å²) in [5, 5.41) is 3.16. The molecule has 1 amide bonds. The number of amides is 1. The summed E-state index contributed by atoms with van der Waals surface area (Å²) in [6, 6.07) is 4.53. The van der Waals surface area contributed by atoms with Gasteiger partial charge in [0.2, 0.25) is 0 Å². The van der Waals surface area contributed by atoms with Crippen LogP contribution in [0.4, 0.5) is 4.79 Å². The number of benzene rings is 1. The number of halogens is 1. The number of alkyl carbamates (subject to hydrolysis) is 1. The van der Waals surface area contributed by atoms with Crippen molar-refractivity contribution in [2.24, 2.45) is 0 Å². The van der Waals surface area contributed by atoms with Crippen molar-refractivity contribution in [3.8, 4) is 5.75 Å². The number of nitrogens with one attached hydrogen (secondary N) is 1. The van der Waals surface area contributed by atoms with Gasteiger partial charge in [0.05, 0.1) is 24.1 Å². The molecule has 0 aliphatic rings. The van der Waals surface area contributed by atoms with Crippen LogP contribution in [0.2, 0.25) is 23.2 Å². The standard InChI is InChI=1S/C31H48ClNO7Si/c1-11-18-37-27(34)17-14-22(2)13-12-19-38-28(35)21-25(33-29(36)39-30(3,4)5)23-15-16-26(24(32)20-23)40-41(9,10)31(6,7)8/h11,13,15-16,20,25H,1,12,14,17-19,21H2,2-10H3,(H,33,36). The molecule has 10 heteroatoms. The van der Waals surface area contributed by atoms with Crippen molar-refractivity contribution in [1.29, 1.82) is 0 Å². The summed E-state index contributed by atoms with van der Waals surface area (Å²) in [5.41, 5.74) is 0.912. The average Bonchev–Trinajstić information content (AvgIpc) is 2.83. The van der Waals surface area contributed by atoms with Crippen LogP contribution in [0, 0.1) is 0 Å². The first-order valence-electron chi connectivity index (χ1n) is 13.9. The molecular weight excluding hydrogens is 562 g/mol. The second kappa shape index (κ2) is 16.0. The summed E-state index contributed by atoms with van der Waals surface area (Å²) in [6.45, 7) is 21.8. The Labute approximate surface area is 251 Å². The predicted molar refractivity (Wildman–Crippen MR) is 166 cm³/mol. The van der Waals surface area contributed by atoms with Gasteiger partial charge in [-0.3, -0.25) is 9.59 Å². The van der Waals surface area contributed by atoms with E-state index in [1.165, 1.54) is 6.08 Å². The Morgan fingerprint density at radius 1 is 1.05 bits per heavy atom. The lowest BCUT2D eigenvalue weighted by atomic mass is 10.0. The molecule has 0 saturated heterocycles. The number of carbonyl (C=O) groups excluding carboxylic acids is 3. The molecular formula is C31H48ClNO7Si. The highest BCUT2D eigenvalue weighted by Crippen LogP contribution is 2.40. The first-order valence-corrected chi connectivity index (χ1v) is 17.2. The largest absolute Gasteiger partial charge is 0.543 e. The van der Waals surface area contributed by atoms with Crippen LogP contribution in [-0.2, 0) is 23.8 Å². The van der Waals surface area contributed by atoms with Crippen LogP contribution < -0.4 is 9.74 Å². The van der Waals surface area contributed by atoms with Gasteiger partial charge in [-0.25, -0.2) is 4.79 Å². The molecule has 0 radical (unpaired) electrons. The molecule has 0 aliphatic carbocycles. The molecule has 41 heavy (non-hydrogen) atoms. The van der Waals surface area contributed by atoms with E-state index in [4.69, 9.17) is 30.2 Å². The topological polar surface area (TPSA) is 100 Å². The number of rotatable bonds is 14. The third-order valence-corrected chi connectivity index (χ3v) is 11.2. The molecule has 0 fully saturated rings. The highest BCUT2D eigenvalue weighted by molar-refractivity contribution is 6.74. The molecule has 1 rings (SSSR count). The van der Waals surface area contributed by atoms with Gasteiger partial charge in [0.15, 0.2) is 0 Å². The van der Waals surface area contributed by atoms with Gasteiger partial charge in [-0.05, 0) is 76.4 Å². The van der Waals surface area contributed by atoms with Crippen LogP contribution in [0.15, 0.2) is 42.5 Å². The van der Waals surface area contributed by atoms with Gasteiger partial charge in [0, 0.05) is 6.42 Å². The van der Waals surface area contributed by atoms with Crippen molar-refractivity contribution in [3.05, 3.63) is 53.1 Å². The van der Waals surface area contributed by atoms with Crippen molar-refractivity contribution in [2.75, 3.05) is 13.2 Å². The molecule has 0 aromatic heterocycles. The lowest BCUT2D eigenvalue weighted by Crippen LogP contribution is -2.43. The SMILES string of the molecule is C=CCOC(=O)CCC(C)=CCCOC(=O)CC(NC(=O)OC(C)(C)C)c1ccc(O[Si](C)(C)C(C)(C)C)c(Cl)c1. The Morgan fingerprint density at radius 2 is 1.71 bits per heavy atom. The summed E-state index contributed by atoms with van der Waals surface area (Å²) in [7, 11) is -2.12. The zero-order valence-electron chi connectivity index (χ0n) is 26.1. The maximum Gasteiger partial charge on any atom is 0.408 e. The number of hydrogen-bond acceptors (Lipinski definition) is 7. The molecule has 0 aliphatic heterocycles.